The second-order valence-electron chi connectivity index (χ2n) is 13.5. The van der Waals surface area contributed by atoms with Crippen LogP contribution in [0.4, 0.5) is 0 Å². The molecular weight excluding hydrogens is 623 g/mol. The van der Waals surface area contributed by atoms with Crippen LogP contribution in [-0.2, 0) is 0 Å². The van der Waals surface area contributed by atoms with Gasteiger partial charge in [0, 0.05) is 21.9 Å². The zero-order valence-electron chi connectivity index (χ0n) is 28.0. The number of benzene rings is 7. The molecule has 244 valence electrons. The third-order valence-electron chi connectivity index (χ3n) is 10.4. The highest BCUT2D eigenvalue weighted by Gasteiger charge is 2.28. The highest BCUT2D eigenvalue weighted by molar-refractivity contribution is 6.18. The van der Waals surface area contributed by atoms with E-state index in [1.807, 2.05) is 6.07 Å². The van der Waals surface area contributed by atoms with Crippen molar-refractivity contribution in [3.8, 4) is 22.3 Å². The van der Waals surface area contributed by atoms with Crippen molar-refractivity contribution in [2.24, 2.45) is 4.99 Å². The van der Waals surface area contributed by atoms with Crippen molar-refractivity contribution in [1.82, 2.24) is 10.6 Å². The largest absolute Gasteiger partial charge is 0.455 e. The molecule has 0 bridgehead atoms. The number of hydrogen-bond donors (Lipinski definition) is 2. The summed E-state index contributed by atoms with van der Waals surface area (Å²) in [4.78, 5) is 5.19. The molecule has 4 heteroatoms. The van der Waals surface area contributed by atoms with Crippen LogP contribution in [0.5, 0.6) is 0 Å². The summed E-state index contributed by atoms with van der Waals surface area (Å²) in [6.45, 7) is 0. The molecule has 0 radical (unpaired) electrons. The van der Waals surface area contributed by atoms with Gasteiger partial charge in [0.2, 0.25) is 0 Å². The average Bonchev–Trinajstić information content (AvgIpc) is 3.58. The molecule has 8 aromatic rings. The fourth-order valence-corrected chi connectivity index (χ4v) is 7.83. The first-order chi connectivity index (χ1) is 25.3. The average molecular weight is 658 g/mol. The third kappa shape index (κ3) is 5.24. The lowest BCUT2D eigenvalue weighted by atomic mass is 9.90. The maximum absolute atomic E-state index is 6.58. The molecule has 0 amide bonds. The number of hydrogen-bond acceptors (Lipinski definition) is 4. The standard InChI is InChI=1S/C47H35N3O/c1-3-13-32(14-4-1)45-48-46(33-15-5-2-6-16-33)50-47(49-45)41-28-35-18-8-7-17-34(35)27-39(41)30-23-25-31(26-24-30)43-37-20-10-9-19-36(37)29-40-38-21-11-12-22-42(38)51-44(40)43/h1,3-5,7-29,45,47,49H,2,6H2,(H,48,50). The van der Waals surface area contributed by atoms with Crippen molar-refractivity contribution in [1.29, 1.82) is 0 Å². The summed E-state index contributed by atoms with van der Waals surface area (Å²) in [6, 6.07) is 52.1. The highest BCUT2D eigenvalue weighted by atomic mass is 16.3. The zero-order valence-corrected chi connectivity index (χ0v) is 28.0. The topological polar surface area (TPSA) is 49.6 Å². The Kier molecular flexibility index (Phi) is 7.14. The molecule has 1 aliphatic heterocycles. The lowest BCUT2D eigenvalue weighted by Gasteiger charge is -2.34. The number of para-hydroxylation sites is 1. The van der Waals surface area contributed by atoms with Gasteiger partial charge in [0.05, 0.1) is 0 Å². The quantitative estimate of drug-likeness (QED) is 0.194. The maximum Gasteiger partial charge on any atom is 0.143 e. The van der Waals surface area contributed by atoms with Crippen LogP contribution in [0.25, 0.3) is 65.7 Å². The van der Waals surface area contributed by atoms with Gasteiger partial charge in [0.15, 0.2) is 0 Å². The number of aliphatic imine (C=N–C) groups is 1. The first-order valence-electron chi connectivity index (χ1n) is 17.8. The molecule has 2 heterocycles. The Morgan fingerprint density at radius 2 is 1.31 bits per heavy atom. The van der Waals surface area contributed by atoms with Crippen LogP contribution in [0, 0.1) is 0 Å². The second kappa shape index (κ2) is 12.3. The Hall–Kier alpha value is -6.23. The van der Waals surface area contributed by atoms with Crippen LogP contribution in [0.1, 0.15) is 36.3 Å². The van der Waals surface area contributed by atoms with E-state index in [4.69, 9.17) is 9.41 Å². The minimum absolute atomic E-state index is 0.175. The first-order valence-corrected chi connectivity index (χ1v) is 17.8. The molecule has 51 heavy (non-hydrogen) atoms. The van der Waals surface area contributed by atoms with Crippen LogP contribution in [0.15, 0.2) is 179 Å². The van der Waals surface area contributed by atoms with Gasteiger partial charge in [-0.25, -0.2) is 4.99 Å². The number of nitrogens with zero attached hydrogens (tertiary/aromatic N) is 1. The van der Waals surface area contributed by atoms with Crippen molar-refractivity contribution < 1.29 is 4.42 Å². The van der Waals surface area contributed by atoms with E-state index in [0.29, 0.717) is 0 Å². The van der Waals surface area contributed by atoms with Gasteiger partial charge in [-0.3, -0.25) is 5.32 Å². The fourth-order valence-electron chi connectivity index (χ4n) is 7.83. The van der Waals surface area contributed by atoms with Gasteiger partial charge in [-0.05, 0) is 86.5 Å². The summed E-state index contributed by atoms with van der Waals surface area (Å²) < 4.78 is 6.58. The van der Waals surface area contributed by atoms with E-state index in [2.05, 4.69) is 168 Å². The monoisotopic (exact) mass is 657 g/mol. The summed E-state index contributed by atoms with van der Waals surface area (Å²) in [5.41, 5.74) is 9.89. The Morgan fingerprint density at radius 3 is 2.12 bits per heavy atom. The molecule has 10 rings (SSSR count). The normalized spacial score (nSPS) is 17.5. The molecule has 1 aliphatic carbocycles. The van der Waals surface area contributed by atoms with Gasteiger partial charge in [0.25, 0.3) is 0 Å². The maximum atomic E-state index is 6.58. The summed E-state index contributed by atoms with van der Waals surface area (Å²) in [6.07, 6.45) is 8.45. The lowest BCUT2D eigenvalue weighted by Crippen LogP contribution is -2.45. The predicted molar refractivity (Wildman–Crippen MR) is 212 cm³/mol. The van der Waals surface area contributed by atoms with Crippen LogP contribution >= 0.6 is 0 Å². The molecule has 2 atom stereocenters. The number of rotatable bonds is 5. The van der Waals surface area contributed by atoms with E-state index in [0.717, 1.165) is 68.4 Å². The molecule has 2 aliphatic rings. The van der Waals surface area contributed by atoms with Gasteiger partial charge in [-0.2, -0.15) is 0 Å². The van der Waals surface area contributed by atoms with E-state index in [-0.39, 0.29) is 12.3 Å². The minimum atomic E-state index is -0.192. The van der Waals surface area contributed by atoms with Gasteiger partial charge in [-0.15, -0.1) is 0 Å². The first kappa shape index (κ1) is 29.7. The molecule has 0 spiro atoms. The summed E-state index contributed by atoms with van der Waals surface area (Å²) >= 11 is 0. The van der Waals surface area contributed by atoms with Crippen molar-refractivity contribution in [3.63, 3.8) is 0 Å². The molecule has 0 fully saturated rings. The predicted octanol–water partition coefficient (Wildman–Crippen LogP) is 11.8. The van der Waals surface area contributed by atoms with E-state index >= 15 is 0 Å². The Balaban J connectivity index is 1.11. The Labute approximate surface area is 296 Å². The Morgan fingerprint density at radius 1 is 0.608 bits per heavy atom. The molecule has 0 saturated carbocycles. The lowest BCUT2D eigenvalue weighted by molar-refractivity contribution is 0.410. The zero-order chi connectivity index (χ0) is 33.7. The number of fused-ring (bicyclic) bond motifs is 5. The van der Waals surface area contributed by atoms with Crippen LogP contribution in [0.3, 0.4) is 0 Å². The number of allylic oxidation sites excluding steroid dienone is 2. The Bertz CT molecular complexity index is 2700. The molecule has 2 unspecified atom stereocenters. The second-order valence-corrected chi connectivity index (χ2v) is 13.5. The van der Waals surface area contributed by atoms with E-state index in [1.54, 1.807) is 0 Å². The van der Waals surface area contributed by atoms with Gasteiger partial charge < -0.3 is 9.73 Å². The summed E-state index contributed by atoms with van der Waals surface area (Å²) in [5.74, 6) is 0.920. The van der Waals surface area contributed by atoms with E-state index < -0.39 is 0 Å². The fraction of sp³-hybridized carbons (Fsp3) is 0.0851. The van der Waals surface area contributed by atoms with Crippen molar-refractivity contribution in [2.75, 3.05) is 0 Å². The summed E-state index contributed by atoms with van der Waals surface area (Å²) in [5, 5.41) is 14.8. The SMILES string of the molecule is C1=CC(C2=NC(c3ccccc3)NC(c3cc4ccccc4cc3-c3ccc(-c4c5ccccc5cc5c4oc4ccccc45)cc3)N2)=CCC1. The highest BCUT2D eigenvalue weighted by Crippen LogP contribution is 2.42. The van der Waals surface area contributed by atoms with Gasteiger partial charge in [-0.1, -0.05) is 140 Å². The smallest absolute Gasteiger partial charge is 0.143 e. The van der Waals surface area contributed by atoms with E-state index in [9.17, 15) is 0 Å². The molecular formula is C47H35N3O. The molecule has 2 N–H and O–H groups in total. The van der Waals surface area contributed by atoms with Crippen molar-refractivity contribution >= 4 is 49.3 Å². The van der Waals surface area contributed by atoms with Crippen molar-refractivity contribution in [3.05, 3.63) is 181 Å². The van der Waals surface area contributed by atoms with Gasteiger partial charge in [0.1, 0.15) is 29.3 Å². The molecule has 7 aromatic carbocycles. The number of nitrogens with one attached hydrogen (secondary N) is 2. The summed E-state index contributed by atoms with van der Waals surface area (Å²) in [7, 11) is 0. The number of furan rings is 1. The minimum Gasteiger partial charge on any atom is -0.455 e. The molecule has 1 aromatic heterocycles. The van der Waals surface area contributed by atoms with Crippen LogP contribution in [0.2, 0.25) is 0 Å². The third-order valence-corrected chi connectivity index (χ3v) is 10.4. The number of amidine groups is 1. The molecule has 4 nitrogen and oxygen atoms in total. The van der Waals surface area contributed by atoms with Crippen LogP contribution < -0.4 is 10.6 Å². The molecule has 0 saturated heterocycles. The van der Waals surface area contributed by atoms with E-state index in [1.165, 1.54) is 32.7 Å². The van der Waals surface area contributed by atoms with Gasteiger partial charge >= 0.3 is 0 Å². The van der Waals surface area contributed by atoms with Crippen LogP contribution in [-0.4, -0.2) is 5.84 Å². The van der Waals surface area contributed by atoms with Crippen molar-refractivity contribution in [2.45, 2.75) is 25.2 Å².